The van der Waals surface area contributed by atoms with Crippen LogP contribution in [0.3, 0.4) is 0 Å². The fourth-order valence-electron chi connectivity index (χ4n) is 4.47. The summed E-state index contributed by atoms with van der Waals surface area (Å²) in [5.74, 6) is -0.165. The normalized spacial score (nSPS) is 14.1. The topological polar surface area (TPSA) is 131 Å². The van der Waals surface area contributed by atoms with Crippen LogP contribution < -0.4 is 15.0 Å². The van der Waals surface area contributed by atoms with Crippen LogP contribution in [0.25, 0.3) is 0 Å². The number of nitro groups is 2. The zero-order valence-electron chi connectivity index (χ0n) is 21.2. The Labute approximate surface area is 219 Å². The van der Waals surface area contributed by atoms with Crippen molar-refractivity contribution in [3.05, 3.63) is 98.1 Å². The second-order valence-electron chi connectivity index (χ2n) is 8.89. The summed E-state index contributed by atoms with van der Waals surface area (Å²) in [6.45, 7) is 5.78. The first-order valence-electron chi connectivity index (χ1n) is 12.3. The Morgan fingerprint density at radius 3 is 2.26 bits per heavy atom. The highest BCUT2D eigenvalue weighted by molar-refractivity contribution is 5.95. The van der Waals surface area contributed by atoms with Crippen LogP contribution in [0.15, 0.2) is 66.7 Å². The number of ether oxygens (including phenoxy) is 1. The van der Waals surface area contributed by atoms with E-state index in [4.69, 9.17) is 4.74 Å². The van der Waals surface area contributed by atoms with Gasteiger partial charge in [-0.05, 0) is 43.7 Å². The molecule has 1 N–H and O–H groups in total. The van der Waals surface area contributed by atoms with E-state index in [9.17, 15) is 25.0 Å². The van der Waals surface area contributed by atoms with Gasteiger partial charge in [-0.15, -0.1) is 0 Å². The maximum absolute atomic E-state index is 13.1. The van der Waals surface area contributed by atoms with Gasteiger partial charge in [0.1, 0.15) is 5.69 Å². The Balaban J connectivity index is 1.47. The molecule has 1 atom stereocenters. The average molecular weight is 520 g/mol. The van der Waals surface area contributed by atoms with Crippen LogP contribution in [0, 0.1) is 20.2 Å². The maximum atomic E-state index is 13.1. The van der Waals surface area contributed by atoms with Crippen molar-refractivity contribution >= 4 is 28.7 Å². The maximum Gasteiger partial charge on any atom is 0.311 e. The second kappa shape index (κ2) is 11.6. The van der Waals surface area contributed by atoms with E-state index in [0.29, 0.717) is 31.9 Å². The van der Waals surface area contributed by atoms with Crippen LogP contribution in [-0.4, -0.2) is 53.4 Å². The van der Waals surface area contributed by atoms with Crippen LogP contribution in [0.2, 0.25) is 0 Å². The summed E-state index contributed by atoms with van der Waals surface area (Å²) in [5, 5.41) is 26.4. The van der Waals surface area contributed by atoms with Crippen molar-refractivity contribution in [2.45, 2.75) is 19.9 Å². The quantitative estimate of drug-likeness (QED) is 0.307. The molecule has 1 unspecified atom stereocenters. The Morgan fingerprint density at radius 2 is 1.63 bits per heavy atom. The zero-order valence-corrected chi connectivity index (χ0v) is 21.2. The zero-order chi connectivity index (χ0) is 27.2. The lowest BCUT2D eigenvalue weighted by Crippen LogP contribution is -2.48. The first-order chi connectivity index (χ1) is 18.3. The number of carbonyl (C=O) groups is 1. The SMILES string of the molecule is CCOc1ccc(C(=O)N2CCN(c3ccc([N+](=O)[O-])c(NC(C)c4ccccc4)c3)CC2)cc1[N+](=O)[O-]. The first-order valence-corrected chi connectivity index (χ1v) is 12.3. The summed E-state index contributed by atoms with van der Waals surface area (Å²) in [6, 6.07) is 18.8. The molecule has 38 heavy (non-hydrogen) atoms. The molecule has 198 valence electrons. The van der Waals surface area contributed by atoms with E-state index >= 15 is 0 Å². The molecule has 0 bridgehead atoms. The van der Waals surface area contributed by atoms with E-state index in [1.54, 1.807) is 24.0 Å². The molecular weight excluding hydrogens is 490 g/mol. The number of nitrogens with zero attached hydrogens (tertiary/aromatic N) is 4. The number of nitrogens with one attached hydrogen (secondary N) is 1. The molecule has 0 saturated carbocycles. The van der Waals surface area contributed by atoms with Crippen molar-refractivity contribution in [2.75, 3.05) is 43.0 Å². The third-order valence-corrected chi connectivity index (χ3v) is 6.48. The molecule has 1 aliphatic heterocycles. The van der Waals surface area contributed by atoms with Gasteiger partial charge in [0.05, 0.1) is 16.5 Å². The van der Waals surface area contributed by atoms with Gasteiger partial charge in [-0.3, -0.25) is 25.0 Å². The van der Waals surface area contributed by atoms with Crippen molar-refractivity contribution in [3.8, 4) is 5.75 Å². The van der Waals surface area contributed by atoms with E-state index in [1.165, 1.54) is 24.3 Å². The largest absolute Gasteiger partial charge is 0.487 e. The molecule has 11 nitrogen and oxygen atoms in total. The summed E-state index contributed by atoms with van der Waals surface area (Å²) >= 11 is 0. The number of benzene rings is 3. The molecule has 11 heteroatoms. The lowest BCUT2D eigenvalue weighted by Gasteiger charge is -2.36. The summed E-state index contributed by atoms with van der Waals surface area (Å²) in [5.41, 5.74) is 2.21. The highest BCUT2D eigenvalue weighted by atomic mass is 16.6. The number of anilines is 2. The number of nitro benzene ring substituents is 2. The van der Waals surface area contributed by atoms with Crippen LogP contribution >= 0.6 is 0 Å². The summed E-state index contributed by atoms with van der Waals surface area (Å²) in [7, 11) is 0. The van der Waals surface area contributed by atoms with Gasteiger partial charge in [0.25, 0.3) is 11.6 Å². The standard InChI is InChI=1S/C27H29N5O6/c1-3-38-26-12-9-21(17-25(26)32(36)37)27(33)30-15-13-29(14-16-30)22-10-11-24(31(34)35)23(18-22)28-19(2)20-7-5-4-6-8-20/h4-12,17-19,28H,3,13-16H2,1-2H3. The van der Waals surface area contributed by atoms with Crippen molar-refractivity contribution < 1.29 is 19.4 Å². The summed E-state index contributed by atoms with van der Waals surface area (Å²) in [6.07, 6.45) is 0. The highest BCUT2D eigenvalue weighted by Gasteiger charge is 2.26. The molecule has 1 amide bonds. The van der Waals surface area contributed by atoms with E-state index < -0.39 is 9.85 Å². The van der Waals surface area contributed by atoms with Gasteiger partial charge >= 0.3 is 5.69 Å². The van der Waals surface area contributed by atoms with Crippen LogP contribution in [0.5, 0.6) is 5.75 Å². The minimum atomic E-state index is -0.557. The van der Waals surface area contributed by atoms with Crippen molar-refractivity contribution in [2.24, 2.45) is 0 Å². The Bertz CT molecular complexity index is 1320. The fourth-order valence-corrected chi connectivity index (χ4v) is 4.47. The van der Waals surface area contributed by atoms with Crippen molar-refractivity contribution in [1.82, 2.24) is 4.90 Å². The Kier molecular flexibility index (Phi) is 8.05. The van der Waals surface area contributed by atoms with Crippen molar-refractivity contribution in [3.63, 3.8) is 0 Å². The number of piperazine rings is 1. The van der Waals surface area contributed by atoms with Crippen LogP contribution in [-0.2, 0) is 0 Å². The molecule has 1 fully saturated rings. The predicted octanol–water partition coefficient (Wildman–Crippen LogP) is 5.04. The number of hydrogen-bond donors (Lipinski definition) is 1. The van der Waals surface area contributed by atoms with Gasteiger partial charge in [-0.25, -0.2) is 0 Å². The molecule has 0 aliphatic carbocycles. The number of carbonyl (C=O) groups excluding carboxylic acids is 1. The van der Waals surface area contributed by atoms with Gasteiger partial charge < -0.3 is 19.9 Å². The Hall–Kier alpha value is -4.67. The van der Waals surface area contributed by atoms with Crippen LogP contribution in [0.1, 0.15) is 35.8 Å². The second-order valence-corrected chi connectivity index (χ2v) is 8.89. The van der Waals surface area contributed by atoms with Crippen LogP contribution in [0.4, 0.5) is 22.7 Å². The Morgan fingerprint density at radius 1 is 0.947 bits per heavy atom. The molecule has 3 aromatic rings. The molecule has 1 heterocycles. The van der Waals surface area contributed by atoms with Gasteiger partial charge in [-0.1, -0.05) is 30.3 Å². The van der Waals surface area contributed by atoms with Gasteiger partial charge in [0.2, 0.25) is 0 Å². The molecule has 1 saturated heterocycles. The molecule has 0 aromatic heterocycles. The van der Waals surface area contributed by atoms with Crippen molar-refractivity contribution in [1.29, 1.82) is 0 Å². The molecule has 3 aromatic carbocycles. The molecule has 4 rings (SSSR count). The minimum absolute atomic E-state index is 0.0116. The molecule has 0 radical (unpaired) electrons. The fraction of sp³-hybridized carbons (Fsp3) is 0.296. The van der Waals surface area contributed by atoms with Gasteiger partial charge in [0.15, 0.2) is 5.75 Å². The average Bonchev–Trinajstić information content (AvgIpc) is 2.93. The third-order valence-electron chi connectivity index (χ3n) is 6.48. The molecule has 0 spiro atoms. The summed E-state index contributed by atoms with van der Waals surface area (Å²) in [4.78, 5) is 38.9. The lowest BCUT2D eigenvalue weighted by atomic mass is 10.1. The molecular formula is C27H29N5O6. The third kappa shape index (κ3) is 5.83. The van der Waals surface area contributed by atoms with E-state index in [0.717, 1.165) is 11.3 Å². The highest BCUT2D eigenvalue weighted by Crippen LogP contribution is 2.33. The smallest absolute Gasteiger partial charge is 0.311 e. The van der Waals surface area contributed by atoms with Gasteiger partial charge in [0, 0.05) is 55.6 Å². The van der Waals surface area contributed by atoms with E-state index in [-0.39, 0.29) is 41.2 Å². The van der Waals surface area contributed by atoms with E-state index in [2.05, 4.69) is 10.2 Å². The number of rotatable bonds is 9. The van der Waals surface area contributed by atoms with Gasteiger partial charge in [-0.2, -0.15) is 0 Å². The molecule has 1 aliphatic rings. The lowest BCUT2D eigenvalue weighted by molar-refractivity contribution is -0.385. The first kappa shape index (κ1) is 26.4. The minimum Gasteiger partial charge on any atom is -0.487 e. The predicted molar refractivity (Wildman–Crippen MR) is 144 cm³/mol. The number of amides is 1. The summed E-state index contributed by atoms with van der Waals surface area (Å²) < 4.78 is 5.30. The monoisotopic (exact) mass is 519 g/mol. The van der Waals surface area contributed by atoms with E-state index in [1.807, 2.05) is 37.3 Å². The number of hydrogen-bond acceptors (Lipinski definition) is 8.